The molecule has 0 spiro atoms. The molecule has 0 radical (unpaired) electrons. The Bertz CT molecular complexity index is 987. The third-order valence-electron chi connectivity index (χ3n) is 4.05. The molecule has 0 saturated heterocycles. The third-order valence-corrected chi connectivity index (χ3v) is 5.59. The fourth-order valence-electron chi connectivity index (χ4n) is 2.62. The number of nitrogens with one attached hydrogen (secondary N) is 1. The van der Waals surface area contributed by atoms with E-state index in [1.54, 1.807) is 35.6 Å². The molecule has 0 aliphatic carbocycles. The van der Waals surface area contributed by atoms with Crippen LogP contribution in [0.2, 0.25) is 0 Å². The summed E-state index contributed by atoms with van der Waals surface area (Å²) in [5.41, 5.74) is 2.47. The molecule has 3 aromatic rings. The largest absolute Gasteiger partial charge is 0.465 e. The molecule has 3 rings (SSSR count). The number of ether oxygens (including phenoxy) is 1. The SMILES string of the molecule is COC(=O)c1ccc(CNC(=O)c2c(C)nc(-c3cccs3)nc2SC)cc1. The molecule has 2 heterocycles. The molecular weight excluding hydrogens is 394 g/mol. The van der Waals surface area contributed by atoms with Crippen LogP contribution in [-0.2, 0) is 11.3 Å². The second-order valence-electron chi connectivity index (χ2n) is 5.87. The van der Waals surface area contributed by atoms with Crippen LogP contribution in [0, 0.1) is 6.92 Å². The topological polar surface area (TPSA) is 81.2 Å². The van der Waals surface area contributed by atoms with Crippen LogP contribution in [0.15, 0.2) is 46.8 Å². The zero-order valence-corrected chi connectivity index (χ0v) is 17.3. The Morgan fingerprint density at radius 2 is 1.93 bits per heavy atom. The summed E-state index contributed by atoms with van der Waals surface area (Å²) in [6.45, 7) is 2.15. The molecule has 1 amide bonds. The van der Waals surface area contributed by atoms with Gasteiger partial charge >= 0.3 is 5.97 Å². The van der Waals surface area contributed by atoms with Crippen molar-refractivity contribution in [2.24, 2.45) is 0 Å². The van der Waals surface area contributed by atoms with Crippen molar-refractivity contribution >= 4 is 35.0 Å². The van der Waals surface area contributed by atoms with Crippen molar-refractivity contribution in [3.8, 4) is 10.7 Å². The highest BCUT2D eigenvalue weighted by Gasteiger charge is 2.19. The van der Waals surface area contributed by atoms with Gasteiger partial charge in [0.1, 0.15) is 5.03 Å². The van der Waals surface area contributed by atoms with E-state index in [1.165, 1.54) is 18.9 Å². The van der Waals surface area contributed by atoms with Gasteiger partial charge in [-0.1, -0.05) is 18.2 Å². The second-order valence-corrected chi connectivity index (χ2v) is 7.61. The van der Waals surface area contributed by atoms with Crippen molar-refractivity contribution in [1.29, 1.82) is 0 Å². The molecule has 0 aliphatic rings. The maximum atomic E-state index is 12.8. The smallest absolute Gasteiger partial charge is 0.337 e. The van der Waals surface area contributed by atoms with Crippen molar-refractivity contribution in [3.63, 3.8) is 0 Å². The van der Waals surface area contributed by atoms with E-state index in [9.17, 15) is 9.59 Å². The number of thiophene rings is 1. The number of methoxy groups -OCH3 is 1. The summed E-state index contributed by atoms with van der Waals surface area (Å²) in [6, 6.07) is 10.8. The molecule has 1 aromatic carbocycles. The second kappa shape index (κ2) is 8.99. The summed E-state index contributed by atoms with van der Waals surface area (Å²) >= 11 is 2.98. The fourth-order valence-corrected chi connectivity index (χ4v) is 3.90. The number of aryl methyl sites for hydroxylation is 1. The van der Waals surface area contributed by atoms with E-state index in [0.717, 1.165) is 10.4 Å². The van der Waals surface area contributed by atoms with Crippen molar-refractivity contribution in [3.05, 3.63) is 64.2 Å². The van der Waals surface area contributed by atoms with Gasteiger partial charge < -0.3 is 10.1 Å². The van der Waals surface area contributed by atoms with Gasteiger partial charge in [0.05, 0.1) is 28.8 Å². The first-order valence-electron chi connectivity index (χ1n) is 8.45. The average molecular weight is 414 g/mol. The van der Waals surface area contributed by atoms with Gasteiger partial charge in [0, 0.05) is 6.54 Å². The Balaban J connectivity index is 1.76. The van der Waals surface area contributed by atoms with Crippen LogP contribution >= 0.6 is 23.1 Å². The van der Waals surface area contributed by atoms with Crippen molar-refractivity contribution in [1.82, 2.24) is 15.3 Å². The lowest BCUT2D eigenvalue weighted by molar-refractivity contribution is 0.0600. The van der Waals surface area contributed by atoms with Crippen LogP contribution in [0.3, 0.4) is 0 Å². The molecular formula is C20H19N3O3S2. The van der Waals surface area contributed by atoms with E-state index in [2.05, 4.69) is 20.0 Å². The Morgan fingerprint density at radius 3 is 2.54 bits per heavy atom. The monoisotopic (exact) mass is 413 g/mol. The number of hydrogen-bond donors (Lipinski definition) is 1. The van der Waals surface area contributed by atoms with E-state index in [1.807, 2.05) is 30.7 Å². The minimum absolute atomic E-state index is 0.225. The average Bonchev–Trinajstić information content (AvgIpc) is 3.26. The van der Waals surface area contributed by atoms with E-state index in [4.69, 9.17) is 0 Å². The molecule has 0 bridgehead atoms. The summed E-state index contributed by atoms with van der Waals surface area (Å²) in [4.78, 5) is 34.3. The number of amides is 1. The predicted octanol–water partition coefficient (Wildman–Crippen LogP) is 3.95. The normalized spacial score (nSPS) is 10.5. The van der Waals surface area contributed by atoms with Crippen LogP contribution in [0.25, 0.3) is 10.7 Å². The first-order chi connectivity index (χ1) is 13.5. The van der Waals surface area contributed by atoms with Gasteiger partial charge in [-0.05, 0) is 42.3 Å². The van der Waals surface area contributed by atoms with E-state index >= 15 is 0 Å². The van der Waals surface area contributed by atoms with Crippen molar-refractivity contribution < 1.29 is 14.3 Å². The van der Waals surface area contributed by atoms with E-state index in [-0.39, 0.29) is 11.9 Å². The van der Waals surface area contributed by atoms with Crippen LogP contribution in [0.1, 0.15) is 32.0 Å². The van der Waals surface area contributed by atoms with Gasteiger partial charge in [0.25, 0.3) is 5.91 Å². The van der Waals surface area contributed by atoms with E-state index in [0.29, 0.717) is 34.2 Å². The zero-order chi connectivity index (χ0) is 20.1. The highest BCUT2D eigenvalue weighted by molar-refractivity contribution is 7.98. The zero-order valence-electron chi connectivity index (χ0n) is 15.7. The molecule has 0 aliphatic heterocycles. The van der Waals surface area contributed by atoms with Gasteiger partial charge in [-0.3, -0.25) is 4.79 Å². The van der Waals surface area contributed by atoms with Crippen LogP contribution in [0.4, 0.5) is 0 Å². The molecule has 8 heteroatoms. The number of aromatic nitrogens is 2. The lowest BCUT2D eigenvalue weighted by Crippen LogP contribution is -2.25. The lowest BCUT2D eigenvalue weighted by atomic mass is 10.1. The standard InChI is InChI=1S/C20H19N3O3S2/c1-12-16(19(27-3)23-17(22-12)15-5-4-10-28-15)18(24)21-11-13-6-8-14(9-7-13)20(25)26-2/h4-10H,11H2,1-3H3,(H,21,24). The molecule has 6 nitrogen and oxygen atoms in total. The molecule has 0 unspecified atom stereocenters. The van der Waals surface area contributed by atoms with E-state index < -0.39 is 0 Å². The van der Waals surface area contributed by atoms with Crippen molar-refractivity contribution in [2.75, 3.05) is 13.4 Å². The van der Waals surface area contributed by atoms with Gasteiger partial charge in [-0.2, -0.15) is 0 Å². The Labute approximate surface area is 171 Å². The molecule has 0 saturated carbocycles. The summed E-state index contributed by atoms with van der Waals surface area (Å²) in [7, 11) is 1.34. The molecule has 28 heavy (non-hydrogen) atoms. The fraction of sp³-hybridized carbons (Fsp3) is 0.200. The number of hydrogen-bond acceptors (Lipinski definition) is 7. The molecule has 2 aromatic heterocycles. The van der Waals surface area contributed by atoms with Crippen LogP contribution in [-0.4, -0.2) is 35.2 Å². The quantitative estimate of drug-likeness (QED) is 0.374. The van der Waals surface area contributed by atoms with Gasteiger partial charge in [0.15, 0.2) is 5.82 Å². The number of rotatable bonds is 6. The summed E-state index contributed by atoms with van der Waals surface area (Å²) in [6.07, 6.45) is 1.89. The molecule has 1 N–H and O–H groups in total. The van der Waals surface area contributed by atoms with Crippen molar-refractivity contribution in [2.45, 2.75) is 18.5 Å². The number of carbonyl (C=O) groups is 2. The number of benzene rings is 1. The Hall–Kier alpha value is -2.71. The first kappa shape index (κ1) is 20.0. The van der Waals surface area contributed by atoms with Crippen LogP contribution in [0.5, 0.6) is 0 Å². The van der Waals surface area contributed by atoms with Crippen LogP contribution < -0.4 is 5.32 Å². The number of esters is 1. The number of nitrogens with zero attached hydrogens (tertiary/aromatic N) is 2. The Morgan fingerprint density at radius 1 is 1.18 bits per heavy atom. The van der Waals surface area contributed by atoms with Gasteiger partial charge in [-0.15, -0.1) is 23.1 Å². The maximum Gasteiger partial charge on any atom is 0.337 e. The third kappa shape index (κ3) is 4.40. The predicted molar refractivity (Wildman–Crippen MR) is 111 cm³/mol. The van der Waals surface area contributed by atoms with Gasteiger partial charge in [-0.25, -0.2) is 14.8 Å². The number of thioether (sulfide) groups is 1. The molecule has 0 atom stereocenters. The minimum atomic E-state index is -0.390. The first-order valence-corrected chi connectivity index (χ1v) is 10.6. The molecule has 144 valence electrons. The maximum absolute atomic E-state index is 12.8. The highest BCUT2D eigenvalue weighted by Crippen LogP contribution is 2.27. The Kier molecular flexibility index (Phi) is 6.43. The summed E-state index contributed by atoms with van der Waals surface area (Å²) < 4.78 is 4.68. The lowest BCUT2D eigenvalue weighted by Gasteiger charge is -2.12. The van der Waals surface area contributed by atoms with Gasteiger partial charge in [0.2, 0.25) is 0 Å². The minimum Gasteiger partial charge on any atom is -0.465 e. The summed E-state index contributed by atoms with van der Waals surface area (Å²) in [5.74, 6) is 0.0159. The molecule has 0 fully saturated rings. The summed E-state index contributed by atoms with van der Waals surface area (Å²) in [5, 5.41) is 5.52. The highest BCUT2D eigenvalue weighted by atomic mass is 32.2. The number of carbonyl (C=O) groups excluding carboxylic acids is 2.